The number of aromatic nitrogens is 1. The molecule has 4 rings (SSSR count). The summed E-state index contributed by atoms with van der Waals surface area (Å²) in [5.74, 6) is 2.14. The van der Waals surface area contributed by atoms with Gasteiger partial charge in [-0.3, -0.25) is 0 Å². The summed E-state index contributed by atoms with van der Waals surface area (Å²) in [6.07, 6.45) is 12.7. The van der Waals surface area contributed by atoms with Crippen molar-refractivity contribution >= 4 is 57.3 Å². The predicted molar refractivity (Wildman–Crippen MR) is 171 cm³/mol. The van der Waals surface area contributed by atoms with Gasteiger partial charge in [0.05, 0.1) is 0 Å². The molecule has 1 aromatic heterocycles. The Kier molecular flexibility index (Phi) is 11.0. The lowest BCUT2D eigenvalue weighted by atomic mass is 10.1. The lowest BCUT2D eigenvalue weighted by Gasteiger charge is -2.08. The standard InChI is InChI=1S/C33H35N3S2/c1-27-3-5-28(6-4-27)7-8-29-11-15-32(16-12-29)34-21-25-37-38-26-22-35-33-17-13-30(14-18-33)9-10-31-19-23-36(2)24-20-31/h3-20,23-24,34H,21-22,25-26H2,1-2H3/p+1/b8-7+. The summed E-state index contributed by atoms with van der Waals surface area (Å²) in [6.45, 7) is 4.03. The molecule has 0 radical (unpaired) electrons. The molecule has 0 bridgehead atoms. The Morgan fingerprint density at radius 2 is 0.921 bits per heavy atom. The van der Waals surface area contributed by atoms with Gasteiger partial charge in [-0.2, -0.15) is 0 Å². The average Bonchev–Trinajstić information content (AvgIpc) is 2.95. The summed E-state index contributed by atoms with van der Waals surface area (Å²) in [5.41, 5.74) is 8.46. The molecular weight excluding hydrogens is 503 g/mol. The number of nitrogens with zero attached hydrogens (tertiary/aromatic N) is 1. The molecule has 0 atom stereocenters. The highest BCUT2D eigenvalue weighted by Crippen LogP contribution is 2.21. The first kappa shape index (κ1) is 27.6. The third kappa shape index (κ3) is 9.81. The monoisotopic (exact) mass is 538 g/mol. The number of nitrogens with one attached hydrogen (secondary N) is 2. The summed E-state index contributed by atoms with van der Waals surface area (Å²) in [6, 6.07) is 30.0. The Morgan fingerprint density at radius 1 is 0.553 bits per heavy atom. The number of aryl methyl sites for hydroxylation is 2. The van der Waals surface area contributed by atoms with Gasteiger partial charge in [0.1, 0.15) is 7.05 Å². The van der Waals surface area contributed by atoms with Crippen LogP contribution in [0.5, 0.6) is 0 Å². The van der Waals surface area contributed by atoms with Crippen molar-refractivity contribution in [2.45, 2.75) is 6.92 Å². The first-order valence-electron chi connectivity index (χ1n) is 12.9. The van der Waals surface area contributed by atoms with E-state index in [2.05, 4.69) is 139 Å². The maximum absolute atomic E-state index is 3.52. The van der Waals surface area contributed by atoms with Crippen molar-refractivity contribution in [3.05, 3.63) is 125 Å². The average molecular weight is 539 g/mol. The van der Waals surface area contributed by atoms with Gasteiger partial charge in [-0.15, -0.1) is 0 Å². The zero-order valence-corrected chi connectivity index (χ0v) is 23.8. The van der Waals surface area contributed by atoms with E-state index in [-0.39, 0.29) is 0 Å². The molecule has 0 fully saturated rings. The van der Waals surface area contributed by atoms with E-state index in [0.717, 1.165) is 24.6 Å². The van der Waals surface area contributed by atoms with Gasteiger partial charge in [-0.05, 0) is 53.4 Å². The fraction of sp³-hybridized carbons (Fsp3) is 0.182. The van der Waals surface area contributed by atoms with Gasteiger partial charge in [0, 0.05) is 48.1 Å². The largest absolute Gasteiger partial charge is 0.384 e. The number of anilines is 2. The van der Waals surface area contributed by atoms with Crippen molar-refractivity contribution in [2.24, 2.45) is 7.05 Å². The van der Waals surface area contributed by atoms with Crippen molar-refractivity contribution in [1.29, 1.82) is 0 Å². The molecule has 1 heterocycles. The quantitative estimate of drug-likeness (QED) is 0.0779. The van der Waals surface area contributed by atoms with Crippen LogP contribution in [0.4, 0.5) is 11.4 Å². The molecule has 0 aliphatic carbocycles. The molecule has 38 heavy (non-hydrogen) atoms. The number of rotatable bonds is 13. The summed E-state index contributed by atoms with van der Waals surface area (Å²) in [7, 11) is 5.86. The lowest BCUT2D eigenvalue weighted by Crippen LogP contribution is -2.25. The number of hydrogen-bond donors (Lipinski definition) is 2. The molecule has 0 saturated heterocycles. The van der Waals surface area contributed by atoms with E-state index in [9.17, 15) is 0 Å². The Labute approximate surface area is 235 Å². The molecule has 0 unspecified atom stereocenters. The summed E-state index contributed by atoms with van der Waals surface area (Å²) in [5, 5.41) is 7.03. The van der Waals surface area contributed by atoms with Crippen molar-refractivity contribution in [3.8, 4) is 0 Å². The second-order valence-electron chi connectivity index (χ2n) is 9.12. The molecule has 0 spiro atoms. The highest BCUT2D eigenvalue weighted by Gasteiger charge is 1.97. The second kappa shape index (κ2) is 15.1. The van der Waals surface area contributed by atoms with Crippen LogP contribution in [0, 0.1) is 6.92 Å². The SMILES string of the molecule is Cc1ccc(/C=C/c2ccc(NCCSSCCNc3ccc(/C=C/c4cc[n+](C)cc4)cc3)cc2)cc1. The zero-order chi connectivity index (χ0) is 26.4. The molecule has 3 nitrogen and oxygen atoms in total. The molecule has 3 aromatic carbocycles. The van der Waals surface area contributed by atoms with Crippen LogP contribution in [-0.2, 0) is 7.05 Å². The predicted octanol–water partition coefficient (Wildman–Crippen LogP) is 8.07. The minimum atomic E-state index is 0.957. The van der Waals surface area contributed by atoms with E-state index in [0.29, 0.717) is 0 Å². The van der Waals surface area contributed by atoms with Gasteiger partial charge in [-0.1, -0.05) is 100.0 Å². The molecule has 0 aliphatic rings. The smallest absolute Gasteiger partial charge is 0.169 e. The molecule has 2 N–H and O–H groups in total. The van der Waals surface area contributed by atoms with Crippen molar-refractivity contribution < 1.29 is 4.57 Å². The van der Waals surface area contributed by atoms with Gasteiger partial charge in [0.25, 0.3) is 0 Å². The van der Waals surface area contributed by atoms with Gasteiger partial charge >= 0.3 is 0 Å². The zero-order valence-electron chi connectivity index (χ0n) is 22.1. The Morgan fingerprint density at radius 3 is 1.34 bits per heavy atom. The van der Waals surface area contributed by atoms with Gasteiger partial charge < -0.3 is 10.6 Å². The summed E-state index contributed by atoms with van der Waals surface area (Å²) < 4.78 is 2.04. The van der Waals surface area contributed by atoms with E-state index >= 15 is 0 Å². The molecule has 0 saturated carbocycles. The third-order valence-corrected chi connectivity index (χ3v) is 8.36. The Hall–Kier alpha value is -3.41. The van der Waals surface area contributed by atoms with Crippen molar-refractivity contribution in [1.82, 2.24) is 0 Å². The first-order chi connectivity index (χ1) is 18.6. The van der Waals surface area contributed by atoms with Crippen LogP contribution in [0.15, 0.2) is 97.3 Å². The molecular formula is C33H36N3S2+. The highest BCUT2D eigenvalue weighted by atomic mass is 33.1. The van der Waals surface area contributed by atoms with E-state index < -0.39 is 0 Å². The number of pyridine rings is 1. The summed E-state index contributed by atoms with van der Waals surface area (Å²) in [4.78, 5) is 0. The molecule has 4 aromatic rings. The topological polar surface area (TPSA) is 27.9 Å². The van der Waals surface area contributed by atoms with Crippen LogP contribution < -0.4 is 15.2 Å². The van der Waals surface area contributed by atoms with Crippen LogP contribution in [0.2, 0.25) is 0 Å². The number of benzene rings is 3. The van der Waals surface area contributed by atoms with Gasteiger partial charge in [-0.25, -0.2) is 4.57 Å². The fourth-order valence-corrected chi connectivity index (χ4v) is 5.52. The van der Waals surface area contributed by atoms with Crippen LogP contribution >= 0.6 is 21.6 Å². The lowest BCUT2D eigenvalue weighted by molar-refractivity contribution is -0.671. The number of hydrogen-bond acceptors (Lipinski definition) is 4. The van der Waals surface area contributed by atoms with Crippen LogP contribution in [0.25, 0.3) is 24.3 Å². The third-order valence-electron chi connectivity index (χ3n) is 5.95. The van der Waals surface area contributed by atoms with Gasteiger partial charge in [0.15, 0.2) is 12.4 Å². The van der Waals surface area contributed by atoms with E-state index in [1.54, 1.807) is 0 Å². The maximum atomic E-state index is 3.52. The van der Waals surface area contributed by atoms with Crippen molar-refractivity contribution in [3.63, 3.8) is 0 Å². The molecule has 0 amide bonds. The van der Waals surface area contributed by atoms with E-state index in [1.165, 1.54) is 39.2 Å². The second-order valence-corrected chi connectivity index (χ2v) is 11.8. The Balaban J connectivity index is 1.06. The Bertz CT molecular complexity index is 1190. The van der Waals surface area contributed by atoms with Crippen molar-refractivity contribution in [2.75, 3.05) is 35.2 Å². The minimum absolute atomic E-state index is 0.957. The normalized spacial score (nSPS) is 11.3. The maximum Gasteiger partial charge on any atom is 0.169 e. The highest BCUT2D eigenvalue weighted by molar-refractivity contribution is 8.76. The molecule has 5 heteroatoms. The van der Waals surface area contributed by atoms with Crippen LogP contribution in [0.3, 0.4) is 0 Å². The molecule has 0 aliphatic heterocycles. The van der Waals surface area contributed by atoms with Crippen LogP contribution in [0.1, 0.15) is 27.8 Å². The first-order valence-corrected chi connectivity index (χ1v) is 15.4. The van der Waals surface area contributed by atoms with Crippen LogP contribution in [-0.4, -0.2) is 24.6 Å². The van der Waals surface area contributed by atoms with Gasteiger partial charge in [0.2, 0.25) is 0 Å². The molecule has 194 valence electrons. The van der Waals surface area contributed by atoms with E-state index in [4.69, 9.17) is 0 Å². The fourth-order valence-electron chi connectivity index (χ4n) is 3.70. The summed E-state index contributed by atoms with van der Waals surface area (Å²) >= 11 is 0. The van der Waals surface area contributed by atoms with E-state index in [1.807, 2.05) is 33.2 Å². The minimum Gasteiger partial charge on any atom is -0.384 e.